The zero-order valence-corrected chi connectivity index (χ0v) is 15.8. The van der Waals surface area contributed by atoms with Crippen molar-refractivity contribution in [1.29, 1.82) is 0 Å². The molecule has 4 unspecified atom stereocenters. The van der Waals surface area contributed by atoms with Gasteiger partial charge in [0.25, 0.3) is 0 Å². The first kappa shape index (κ1) is 18.0. The summed E-state index contributed by atoms with van der Waals surface area (Å²) in [5.74, 6) is 1.61. The lowest BCUT2D eigenvalue weighted by molar-refractivity contribution is -0.275. The normalized spacial score (nSPS) is 27.1. The van der Waals surface area contributed by atoms with Crippen LogP contribution < -0.4 is 9.47 Å². The van der Waals surface area contributed by atoms with E-state index in [2.05, 4.69) is 19.9 Å². The molecule has 2 aromatic carbocycles. The molecule has 5 nitrogen and oxygen atoms in total. The maximum absolute atomic E-state index is 6.06. The van der Waals surface area contributed by atoms with Gasteiger partial charge in [-0.2, -0.15) is 0 Å². The monoisotopic (exact) mass is 368 g/mol. The van der Waals surface area contributed by atoms with Gasteiger partial charge in [0.05, 0.1) is 13.7 Å². The summed E-state index contributed by atoms with van der Waals surface area (Å²) in [7, 11) is 1.65. The molecule has 142 valence electrons. The highest BCUT2D eigenvalue weighted by Crippen LogP contribution is 2.32. The smallest absolute Gasteiger partial charge is 0.220 e. The molecule has 2 aromatic rings. The van der Waals surface area contributed by atoms with Crippen LogP contribution in [0.5, 0.6) is 11.5 Å². The van der Waals surface area contributed by atoms with Crippen molar-refractivity contribution in [2.75, 3.05) is 13.7 Å². The minimum absolute atomic E-state index is 0.162. The number of methoxy groups -OCH3 is 1. The molecule has 1 saturated heterocycles. The van der Waals surface area contributed by atoms with E-state index in [-0.39, 0.29) is 12.2 Å². The van der Waals surface area contributed by atoms with Crippen LogP contribution in [0.3, 0.4) is 0 Å². The van der Waals surface area contributed by atoms with E-state index in [0.717, 1.165) is 28.2 Å². The lowest BCUT2D eigenvalue weighted by atomic mass is 10.1. The molecule has 0 bridgehead atoms. The molecule has 4 rings (SSSR count). The first-order chi connectivity index (χ1) is 13.1. The standard InChI is InChI=1S/C22H24O5/c1-14-10-15(2)12-18(11-14)25-21-9-8-19-20(26-21)13-24-22(27-19)16-4-6-17(23-3)7-5-16/h4-12,19-22H,13H2,1-3H3. The molecule has 0 amide bonds. The molecule has 4 atom stereocenters. The summed E-state index contributed by atoms with van der Waals surface area (Å²) < 4.78 is 29.1. The molecule has 0 radical (unpaired) electrons. The van der Waals surface area contributed by atoms with Crippen LogP contribution in [0.2, 0.25) is 0 Å². The fourth-order valence-electron chi connectivity index (χ4n) is 3.39. The van der Waals surface area contributed by atoms with Crippen LogP contribution in [0.4, 0.5) is 0 Å². The number of hydrogen-bond acceptors (Lipinski definition) is 5. The number of fused-ring (bicyclic) bond motifs is 1. The molecule has 0 N–H and O–H groups in total. The maximum Gasteiger partial charge on any atom is 0.220 e. The van der Waals surface area contributed by atoms with E-state index in [1.165, 1.54) is 0 Å². The molecule has 1 fully saturated rings. The number of benzene rings is 2. The van der Waals surface area contributed by atoms with Gasteiger partial charge in [-0.25, -0.2) is 0 Å². The van der Waals surface area contributed by atoms with E-state index >= 15 is 0 Å². The van der Waals surface area contributed by atoms with Gasteiger partial charge in [0, 0.05) is 5.56 Å². The van der Waals surface area contributed by atoms with Gasteiger partial charge >= 0.3 is 0 Å². The molecule has 0 aliphatic carbocycles. The summed E-state index contributed by atoms with van der Waals surface area (Å²) in [5, 5.41) is 0. The van der Waals surface area contributed by atoms with Gasteiger partial charge in [0.1, 0.15) is 23.7 Å². The zero-order chi connectivity index (χ0) is 18.8. The number of aryl methyl sites for hydroxylation is 2. The highest BCUT2D eigenvalue weighted by atomic mass is 16.7. The van der Waals surface area contributed by atoms with Crippen LogP contribution in [0.25, 0.3) is 0 Å². The Kier molecular flexibility index (Phi) is 5.16. The Morgan fingerprint density at radius 1 is 0.889 bits per heavy atom. The van der Waals surface area contributed by atoms with Gasteiger partial charge in [0.15, 0.2) is 6.29 Å². The fourth-order valence-corrected chi connectivity index (χ4v) is 3.39. The van der Waals surface area contributed by atoms with Crippen molar-refractivity contribution in [3.05, 3.63) is 71.3 Å². The summed E-state index contributed by atoms with van der Waals surface area (Å²) in [6.45, 7) is 4.55. The Balaban J connectivity index is 1.40. The number of hydrogen-bond donors (Lipinski definition) is 0. The van der Waals surface area contributed by atoms with E-state index in [1.807, 2.05) is 48.6 Å². The highest BCUT2D eigenvalue weighted by Gasteiger charge is 2.36. The van der Waals surface area contributed by atoms with Crippen molar-refractivity contribution in [3.63, 3.8) is 0 Å². The summed E-state index contributed by atoms with van der Waals surface area (Å²) in [4.78, 5) is 0. The average Bonchev–Trinajstić information content (AvgIpc) is 2.67. The van der Waals surface area contributed by atoms with Crippen molar-refractivity contribution in [1.82, 2.24) is 0 Å². The quantitative estimate of drug-likeness (QED) is 0.761. The average molecular weight is 368 g/mol. The summed E-state index contributed by atoms with van der Waals surface area (Å²) in [5.41, 5.74) is 3.28. The first-order valence-corrected chi connectivity index (χ1v) is 9.10. The molecule has 0 aromatic heterocycles. The Bertz CT molecular complexity index is 794. The molecule has 2 aliphatic heterocycles. The zero-order valence-electron chi connectivity index (χ0n) is 15.8. The number of ether oxygens (including phenoxy) is 5. The Morgan fingerprint density at radius 2 is 1.63 bits per heavy atom. The van der Waals surface area contributed by atoms with Gasteiger partial charge < -0.3 is 23.7 Å². The third-order valence-electron chi connectivity index (χ3n) is 4.66. The molecule has 27 heavy (non-hydrogen) atoms. The third-order valence-corrected chi connectivity index (χ3v) is 4.66. The van der Waals surface area contributed by atoms with Gasteiger partial charge in [-0.3, -0.25) is 0 Å². The second-order valence-corrected chi connectivity index (χ2v) is 6.91. The van der Waals surface area contributed by atoms with E-state index in [9.17, 15) is 0 Å². The second kappa shape index (κ2) is 7.72. The topological polar surface area (TPSA) is 46.2 Å². The van der Waals surface area contributed by atoms with E-state index in [1.54, 1.807) is 7.11 Å². The van der Waals surface area contributed by atoms with Crippen molar-refractivity contribution >= 4 is 0 Å². The van der Waals surface area contributed by atoms with Crippen LogP contribution in [-0.2, 0) is 14.2 Å². The largest absolute Gasteiger partial charge is 0.497 e. The molecule has 0 spiro atoms. The maximum atomic E-state index is 6.06. The second-order valence-electron chi connectivity index (χ2n) is 6.91. The predicted molar refractivity (Wildman–Crippen MR) is 101 cm³/mol. The minimum Gasteiger partial charge on any atom is -0.497 e. The lowest BCUT2D eigenvalue weighted by Crippen LogP contribution is -2.46. The van der Waals surface area contributed by atoms with Gasteiger partial charge in [-0.05, 0) is 55.3 Å². The molecule has 2 aliphatic rings. The Labute approximate surface area is 159 Å². The first-order valence-electron chi connectivity index (χ1n) is 9.10. The van der Waals surface area contributed by atoms with Crippen molar-refractivity contribution in [2.24, 2.45) is 0 Å². The van der Waals surface area contributed by atoms with Gasteiger partial charge in [0.2, 0.25) is 6.29 Å². The van der Waals surface area contributed by atoms with Crippen molar-refractivity contribution < 1.29 is 23.7 Å². The van der Waals surface area contributed by atoms with Crippen LogP contribution in [-0.4, -0.2) is 32.2 Å². The summed E-state index contributed by atoms with van der Waals surface area (Å²) in [6, 6.07) is 13.8. The lowest BCUT2D eigenvalue weighted by Gasteiger charge is -2.38. The van der Waals surface area contributed by atoms with E-state index < -0.39 is 12.6 Å². The van der Waals surface area contributed by atoms with Crippen LogP contribution in [0, 0.1) is 13.8 Å². The molecule has 0 saturated carbocycles. The number of rotatable bonds is 4. The van der Waals surface area contributed by atoms with Gasteiger partial charge in [-0.15, -0.1) is 0 Å². The van der Waals surface area contributed by atoms with E-state index in [0.29, 0.717) is 6.61 Å². The minimum atomic E-state index is -0.447. The van der Waals surface area contributed by atoms with Crippen LogP contribution in [0.15, 0.2) is 54.6 Å². The Hall–Kier alpha value is -2.34. The SMILES string of the molecule is COc1ccc(C2OCC3OC(Oc4cc(C)cc(C)c4)C=CC3O2)cc1. The summed E-state index contributed by atoms with van der Waals surface area (Å²) >= 11 is 0. The molecule has 2 heterocycles. The molecule has 5 heteroatoms. The summed E-state index contributed by atoms with van der Waals surface area (Å²) in [6.07, 6.45) is 2.68. The Morgan fingerprint density at radius 3 is 2.33 bits per heavy atom. The third kappa shape index (κ3) is 4.16. The molecular weight excluding hydrogens is 344 g/mol. The van der Waals surface area contributed by atoms with E-state index in [4.69, 9.17) is 23.7 Å². The van der Waals surface area contributed by atoms with Crippen molar-refractivity contribution in [2.45, 2.75) is 38.6 Å². The fraction of sp³-hybridized carbons (Fsp3) is 0.364. The highest BCUT2D eigenvalue weighted by molar-refractivity contribution is 5.33. The van der Waals surface area contributed by atoms with Gasteiger partial charge in [-0.1, -0.05) is 24.3 Å². The van der Waals surface area contributed by atoms with Crippen LogP contribution >= 0.6 is 0 Å². The van der Waals surface area contributed by atoms with Crippen LogP contribution in [0.1, 0.15) is 23.0 Å². The predicted octanol–water partition coefficient (Wildman–Crippen LogP) is 4.09. The molecular formula is C22H24O5. The van der Waals surface area contributed by atoms with Crippen molar-refractivity contribution in [3.8, 4) is 11.5 Å².